The summed E-state index contributed by atoms with van der Waals surface area (Å²) in [7, 11) is 0. The zero-order chi connectivity index (χ0) is 13.0. The van der Waals surface area contributed by atoms with E-state index in [0.29, 0.717) is 12.0 Å². The molecule has 0 aliphatic rings. The number of para-hydroxylation sites is 1. The number of nitrogens with zero attached hydrogens (tertiary/aromatic N) is 3. The van der Waals surface area contributed by atoms with Gasteiger partial charge in [-0.2, -0.15) is 0 Å². The second-order valence-corrected chi connectivity index (χ2v) is 5.14. The second kappa shape index (κ2) is 5.76. The van der Waals surface area contributed by atoms with Gasteiger partial charge in [-0.25, -0.2) is 4.98 Å². The summed E-state index contributed by atoms with van der Waals surface area (Å²) in [6.45, 7) is 6.63. The number of hydrogen-bond donors (Lipinski definition) is 1. The van der Waals surface area contributed by atoms with E-state index in [1.165, 1.54) is 6.42 Å². The average molecular weight is 244 g/mol. The van der Waals surface area contributed by atoms with Gasteiger partial charge in [-0.1, -0.05) is 26.0 Å². The minimum Gasteiger partial charge on any atom is -0.350 e. The molecule has 0 aliphatic carbocycles. The highest BCUT2D eigenvalue weighted by molar-refractivity contribution is 5.74. The maximum Gasteiger partial charge on any atom is 0.243 e. The van der Waals surface area contributed by atoms with Crippen LogP contribution in [0, 0.1) is 5.92 Å². The number of nitrogens with one attached hydrogen (secondary N) is 1. The normalized spacial score (nSPS) is 12.9. The number of rotatable bonds is 5. The predicted octanol–water partition coefficient (Wildman–Crippen LogP) is 3.26. The van der Waals surface area contributed by atoms with Crippen molar-refractivity contribution in [2.24, 2.45) is 5.92 Å². The van der Waals surface area contributed by atoms with E-state index in [9.17, 15) is 0 Å². The van der Waals surface area contributed by atoms with Crippen LogP contribution in [0.2, 0.25) is 0 Å². The first kappa shape index (κ1) is 12.7. The largest absolute Gasteiger partial charge is 0.350 e. The standard InChI is InChI=1S/C14H20N4/c1-10(2)8-9-11(3)15-14-16-12-6-4-5-7-13(12)17-18-14/h4-7,10-11H,8-9H2,1-3H3,(H,15,16,18). The van der Waals surface area contributed by atoms with Crippen LogP contribution >= 0.6 is 0 Å². The van der Waals surface area contributed by atoms with E-state index in [0.717, 1.165) is 23.4 Å². The first-order valence-electron chi connectivity index (χ1n) is 6.51. The minimum absolute atomic E-state index is 0.371. The smallest absolute Gasteiger partial charge is 0.243 e. The molecule has 4 nitrogen and oxygen atoms in total. The van der Waals surface area contributed by atoms with Crippen molar-refractivity contribution in [3.8, 4) is 0 Å². The van der Waals surface area contributed by atoms with Gasteiger partial charge in [0.15, 0.2) is 0 Å². The van der Waals surface area contributed by atoms with Crippen molar-refractivity contribution in [1.29, 1.82) is 0 Å². The van der Waals surface area contributed by atoms with Gasteiger partial charge in [0, 0.05) is 6.04 Å². The molecule has 1 atom stereocenters. The summed E-state index contributed by atoms with van der Waals surface area (Å²) < 4.78 is 0. The highest BCUT2D eigenvalue weighted by Gasteiger charge is 2.06. The summed E-state index contributed by atoms with van der Waals surface area (Å²) in [6.07, 6.45) is 2.32. The van der Waals surface area contributed by atoms with Crippen LogP contribution in [0.1, 0.15) is 33.6 Å². The Balaban J connectivity index is 2.03. The fourth-order valence-corrected chi connectivity index (χ4v) is 1.82. The fraction of sp³-hybridized carbons (Fsp3) is 0.500. The Bertz CT molecular complexity index is 510. The molecule has 1 aromatic heterocycles. The zero-order valence-electron chi connectivity index (χ0n) is 11.2. The van der Waals surface area contributed by atoms with Gasteiger partial charge in [0.25, 0.3) is 0 Å². The molecule has 0 aliphatic heterocycles. The van der Waals surface area contributed by atoms with Gasteiger partial charge in [0.2, 0.25) is 5.95 Å². The summed E-state index contributed by atoms with van der Waals surface area (Å²) in [6, 6.07) is 8.14. The predicted molar refractivity (Wildman–Crippen MR) is 74.5 cm³/mol. The van der Waals surface area contributed by atoms with E-state index in [1.807, 2.05) is 24.3 Å². The van der Waals surface area contributed by atoms with E-state index in [1.54, 1.807) is 0 Å². The maximum absolute atomic E-state index is 4.46. The molecule has 0 saturated carbocycles. The lowest BCUT2D eigenvalue weighted by Crippen LogP contribution is -2.18. The third-order valence-corrected chi connectivity index (χ3v) is 2.91. The van der Waals surface area contributed by atoms with Crippen molar-refractivity contribution in [3.63, 3.8) is 0 Å². The molecule has 0 amide bonds. The molecule has 1 N–H and O–H groups in total. The molecule has 0 radical (unpaired) electrons. The van der Waals surface area contributed by atoms with E-state index < -0.39 is 0 Å². The fourth-order valence-electron chi connectivity index (χ4n) is 1.82. The highest BCUT2D eigenvalue weighted by Crippen LogP contribution is 2.12. The first-order valence-corrected chi connectivity index (χ1v) is 6.51. The molecule has 0 fully saturated rings. The SMILES string of the molecule is CC(C)CCC(C)Nc1nnc2ccccc2n1. The van der Waals surface area contributed by atoms with Crippen LogP contribution in [0.25, 0.3) is 11.0 Å². The summed E-state index contributed by atoms with van der Waals surface area (Å²) in [4.78, 5) is 4.46. The topological polar surface area (TPSA) is 50.7 Å². The monoisotopic (exact) mass is 244 g/mol. The zero-order valence-corrected chi connectivity index (χ0v) is 11.2. The van der Waals surface area contributed by atoms with Gasteiger partial charge >= 0.3 is 0 Å². The molecule has 1 unspecified atom stereocenters. The summed E-state index contributed by atoms with van der Waals surface area (Å²) in [5.41, 5.74) is 1.71. The van der Waals surface area contributed by atoms with Gasteiger partial charge in [0.05, 0.1) is 5.52 Å². The lowest BCUT2D eigenvalue weighted by molar-refractivity contribution is 0.526. The Hall–Kier alpha value is -1.71. The van der Waals surface area contributed by atoms with Crippen molar-refractivity contribution >= 4 is 17.0 Å². The first-order chi connectivity index (χ1) is 8.65. The Kier molecular flexibility index (Phi) is 4.07. The summed E-state index contributed by atoms with van der Waals surface area (Å²) >= 11 is 0. The molecule has 96 valence electrons. The van der Waals surface area contributed by atoms with Crippen molar-refractivity contribution in [2.75, 3.05) is 5.32 Å². The maximum atomic E-state index is 4.46. The third-order valence-electron chi connectivity index (χ3n) is 2.91. The molecule has 2 rings (SSSR count). The molecule has 18 heavy (non-hydrogen) atoms. The molecule has 0 bridgehead atoms. The highest BCUT2D eigenvalue weighted by atomic mass is 15.2. The molecular formula is C14H20N4. The third kappa shape index (κ3) is 3.39. The molecule has 4 heteroatoms. The number of fused-ring (bicyclic) bond motifs is 1. The number of benzene rings is 1. The van der Waals surface area contributed by atoms with Crippen molar-refractivity contribution < 1.29 is 0 Å². The number of aromatic nitrogens is 3. The lowest BCUT2D eigenvalue weighted by Gasteiger charge is -2.14. The van der Waals surface area contributed by atoms with Crippen LogP contribution in [-0.2, 0) is 0 Å². The van der Waals surface area contributed by atoms with E-state index in [-0.39, 0.29) is 0 Å². The van der Waals surface area contributed by atoms with Crippen molar-refractivity contribution in [2.45, 2.75) is 39.7 Å². The number of hydrogen-bond acceptors (Lipinski definition) is 4. The van der Waals surface area contributed by atoms with Crippen LogP contribution in [0.3, 0.4) is 0 Å². The van der Waals surface area contributed by atoms with Gasteiger partial charge in [-0.3, -0.25) is 0 Å². The molecule has 2 aromatic rings. The van der Waals surface area contributed by atoms with Gasteiger partial charge < -0.3 is 5.32 Å². The van der Waals surface area contributed by atoms with Gasteiger partial charge in [-0.05, 0) is 37.8 Å². The summed E-state index contributed by atoms with van der Waals surface area (Å²) in [5, 5.41) is 11.6. The van der Waals surface area contributed by atoms with Gasteiger partial charge in [0.1, 0.15) is 5.52 Å². The Morgan fingerprint density at radius 1 is 1.00 bits per heavy atom. The van der Waals surface area contributed by atoms with Crippen molar-refractivity contribution in [1.82, 2.24) is 15.2 Å². The van der Waals surface area contributed by atoms with E-state index in [4.69, 9.17) is 0 Å². The molecule has 0 spiro atoms. The second-order valence-electron chi connectivity index (χ2n) is 5.14. The minimum atomic E-state index is 0.371. The Morgan fingerprint density at radius 3 is 2.44 bits per heavy atom. The molecular weight excluding hydrogens is 224 g/mol. The van der Waals surface area contributed by atoms with Crippen LogP contribution < -0.4 is 5.32 Å². The summed E-state index contributed by atoms with van der Waals surface area (Å²) in [5.74, 6) is 1.34. The van der Waals surface area contributed by atoms with Crippen LogP contribution in [0.5, 0.6) is 0 Å². The molecule has 1 heterocycles. The van der Waals surface area contributed by atoms with E-state index >= 15 is 0 Å². The number of anilines is 1. The molecule has 0 saturated heterocycles. The van der Waals surface area contributed by atoms with Crippen molar-refractivity contribution in [3.05, 3.63) is 24.3 Å². The van der Waals surface area contributed by atoms with Crippen LogP contribution in [0.4, 0.5) is 5.95 Å². The molecule has 1 aromatic carbocycles. The van der Waals surface area contributed by atoms with Gasteiger partial charge in [-0.15, -0.1) is 10.2 Å². The van der Waals surface area contributed by atoms with E-state index in [2.05, 4.69) is 41.3 Å². The average Bonchev–Trinajstić information content (AvgIpc) is 2.36. The Labute approximate surface area is 108 Å². The van der Waals surface area contributed by atoms with Crippen LogP contribution in [-0.4, -0.2) is 21.2 Å². The Morgan fingerprint density at radius 2 is 1.72 bits per heavy atom. The quantitative estimate of drug-likeness (QED) is 0.877. The lowest BCUT2D eigenvalue weighted by atomic mass is 10.0. The van der Waals surface area contributed by atoms with Crippen LogP contribution in [0.15, 0.2) is 24.3 Å².